The molecular weight excluding hydrogens is 358 g/mol. The van der Waals surface area contributed by atoms with E-state index in [9.17, 15) is 14.4 Å². The van der Waals surface area contributed by atoms with Gasteiger partial charge in [0.05, 0.1) is 5.56 Å². The molecule has 4 rings (SSSR count). The van der Waals surface area contributed by atoms with Gasteiger partial charge in [0, 0.05) is 42.9 Å². The van der Waals surface area contributed by atoms with Crippen LogP contribution in [0.5, 0.6) is 0 Å². The molecule has 1 aliphatic heterocycles. The number of Topliss-reactive ketones (excluding diaryl/α,β-unsaturated/α-hetero) is 1. The summed E-state index contributed by atoms with van der Waals surface area (Å²) < 4.78 is 5.17. The fraction of sp³-hybridized carbons (Fsp3) is 0.238. The van der Waals surface area contributed by atoms with Gasteiger partial charge in [0.1, 0.15) is 5.65 Å². The number of aromatic nitrogens is 2. The second-order valence-corrected chi connectivity index (χ2v) is 6.72. The van der Waals surface area contributed by atoms with Gasteiger partial charge in [0.25, 0.3) is 0 Å². The quantitative estimate of drug-likeness (QED) is 0.527. The zero-order chi connectivity index (χ0) is 19.5. The molecule has 1 amide bonds. The van der Waals surface area contributed by atoms with Gasteiger partial charge in [-0.2, -0.15) is 0 Å². The van der Waals surface area contributed by atoms with Crippen LogP contribution in [0.3, 0.4) is 0 Å². The Labute approximate surface area is 161 Å². The topological polar surface area (TPSA) is 92.4 Å². The molecular formula is C21H19N3O4. The fourth-order valence-corrected chi connectivity index (χ4v) is 3.32. The summed E-state index contributed by atoms with van der Waals surface area (Å²) in [6.45, 7) is 0.972. The molecule has 1 N–H and O–H groups in total. The number of nitrogens with zero attached hydrogens (tertiary/aromatic N) is 2. The molecule has 0 aliphatic carbocycles. The van der Waals surface area contributed by atoms with Crippen molar-refractivity contribution in [3.8, 4) is 0 Å². The normalized spacial score (nSPS) is 13.9. The lowest BCUT2D eigenvalue weighted by Crippen LogP contribution is -2.23. The van der Waals surface area contributed by atoms with Crippen molar-refractivity contribution < 1.29 is 19.1 Å². The minimum Gasteiger partial charge on any atom is -0.454 e. The van der Waals surface area contributed by atoms with Crippen LogP contribution >= 0.6 is 0 Å². The van der Waals surface area contributed by atoms with Gasteiger partial charge < -0.3 is 14.6 Å². The molecule has 3 aromatic rings. The SMILES string of the molecule is O=C(OCC(=O)c1c[nH]c2ncccc12)c1ccc(CN2CCCC2=O)cc1. The number of amides is 1. The van der Waals surface area contributed by atoms with E-state index >= 15 is 0 Å². The third-order valence-electron chi connectivity index (χ3n) is 4.82. The van der Waals surface area contributed by atoms with Crippen molar-refractivity contribution in [1.29, 1.82) is 0 Å². The number of nitrogens with one attached hydrogen (secondary N) is 1. The molecule has 0 radical (unpaired) electrons. The number of hydrogen-bond donors (Lipinski definition) is 1. The van der Waals surface area contributed by atoms with Crippen LogP contribution in [0.4, 0.5) is 0 Å². The first-order valence-electron chi connectivity index (χ1n) is 9.11. The molecule has 1 aliphatic rings. The zero-order valence-corrected chi connectivity index (χ0v) is 15.2. The second-order valence-electron chi connectivity index (χ2n) is 6.72. The Morgan fingerprint density at radius 3 is 2.75 bits per heavy atom. The van der Waals surface area contributed by atoms with Gasteiger partial charge in [-0.05, 0) is 36.2 Å². The average molecular weight is 377 g/mol. The lowest BCUT2D eigenvalue weighted by molar-refractivity contribution is -0.128. The summed E-state index contributed by atoms with van der Waals surface area (Å²) in [5.41, 5.74) is 2.38. The number of likely N-dealkylation sites (tertiary alicyclic amines) is 1. The minimum atomic E-state index is -0.560. The lowest BCUT2D eigenvalue weighted by Gasteiger charge is -2.15. The Morgan fingerprint density at radius 2 is 2.00 bits per heavy atom. The molecule has 1 aromatic carbocycles. The van der Waals surface area contributed by atoms with Gasteiger partial charge in [-0.15, -0.1) is 0 Å². The molecule has 0 bridgehead atoms. The summed E-state index contributed by atoms with van der Waals surface area (Å²) in [5, 5.41) is 0.698. The van der Waals surface area contributed by atoms with E-state index in [0.717, 1.165) is 18.5 Å². The van der Waals surface area contributed by atoms with E-state index in [4.69, 9.17) is 4.74 Å². The van der Waals surface area contributed by atoms with Crippen LogP contribution in [0.1, 0.15) is 39.1 Å². The number of fused-ring (bicyclic) bond motifs is 1. The van der Waals surface area contributed by atoms with E-state index in [0.29, 0.717) is 35.1 Å². The molecule has 7 heteroatoms. The molecule has 0 atom stereocenters. The Hall–Kier alpha value is -3.48. The molecule has 0 saturated carbocycles. The van der Waals surface area contributed by atoms with Gasteiger partial charge in [-0.3, -0.25) is 9.59 Å². The Bertz CT molecular complexity index is 1040. The largest absolute Gasteiger partial charge is 0.454 e. The van der Waals surface area contributed by atoms with Crippen LogP contribution in [0, 0.1) is 0 Å². The number of ketones is 1. The Kier molecular flexibility index (Phi) is 4.89. The van der Waals surface area contributed by atoms with Crippen molar-refractivity contribution >= 4 is 28.7 Å². The van der Waals surface area contributed by atoms with Gasteiger partial charge in [-0.25, -0.2) is 9.78 Å². The number of rotatable bonds is 6. The maximum Gasteiger partial charge on any atom is 0.338 e. The average Bonchev–Trinajstić information content (AvgIpc) is 3.33. The van der Waals surface area contributed by atoms with E-state index in [2.05, 4.69) is 9.97 Å². The van der Waals surface area contributed by atoms with Crippen molar-refractivity contribution in [2.45, 2.75) is 19.4 Å². The van der Waals surface area contributed by atoms with Crippen LogP contribution in [-0.2, 0) is 16.1 Å². The maximum absolute atomic E-state index is 12.4. The monoisotopic (exact) mass is 377 g/mol. The third kappa shape index (κ3) is 3.64. The van der Waals surface area contributed by atoms with Crippen molar-refractivity contribution in [3.05, 3.63) is 65.5 Å². The van der Waals surface area contributed by atoms with E-state index in [1.807, 2.05) is 4.90 Å². The van der Waals surface area contributed by atoms with E-state index in [1.54, 1.807) is 48.8 Å². The van der Waals surface area contributed by atoms with Gasteiger partial charge >= 0.3 is 5.97 Å². The number of carbonyl (C=O) groups excluding carboxylic acids is 3. The number of benzene rings is 1. The highest BCUT2D eigenvalue weighted by atomic mass is 16.5. The summed E-state index contributed by atoms with van der Waals surface area (Å²) in [6, 6.07) is 10.4. The summed E-state index contributed by atoms with van der Waals surface area (Å²) in [7, 11) is 0. The number of ether oxygens (including phenoxy) is 1. The standard InChI is InChI=1S/C21H19N3O4/c25-18(17-11-23-20-16(17)3-1-9-22-20)13-28-21(27)15-7-5-14(6-8-15)12-24-10-2-4-19(24)26/h1,3,5-9,11H,2,4,10,12-13H2,(H,22,23). The first kappa shape index (κ1) is 17.9. The Morgan fingerprint density at radius 1 is 1.18 bits per heavy atom. The zero-order valence-electron chi connectivity index (χ0n) is 15.2. The van der Waals surface area contributed by atoms with E-state index in [-0.39, 0.29) is 18.3 Å². The first-order valence-corrected chi connectivity index (χ1v) is 9.11. The molecule has 7 nitrogen and oxygen atoms in total. The van der Waals surface area contributed by atoms with Crippen LogP contribution < -0.4 is 0 Å². The molecule has 0 spiro atoms. The molecule has 142 valence electrons. The molecule has 0 unspecified atom stereocenters. The summed E-state index contributed by atoms with van der Waals surface area (Å²) >= 11 is 0. The van der Waals surface area contributed by atoms with Gasteiger partial charge in [-0.1, -0.05) is 12.1 Å². The van der Waals surface area contributed by atoms with Crippen molar-refractivity contribution in [2.24, 2.45) is 0 Å². The predicted molar refractivity (Wildman–Crippen MR) is 102 cm³/mol. The van der Waals surface area contributed by atoms with Crippen LogP contribution in [-0.4, -0.2) is 45.7 Å². The summed E-state index contributed by atoms with van der Waals surface area (Å²) in [6.07, 6.45) is 4.70. The maximum atomic E-state index is 12.4. The highest BCUT2D eigenvalue weighted by Crippen LogP contribution is 2.17. The molecule has 1 saturated heterocycles. The van der Waals surface area contributed by atoms with E-state index in [1.165, 1.54) is 0 Å². The van der Waals surface area contributed by atoms with Crippen LogP contribution in [0.25, 0.3) is 11.0 Å². The van der Waals surface area contributed by atoms with Crippen molar-refractivity contribution in [3.63, 3.8) is 0 Å². The second kappa shape index (κ2) is 7.64. The number of pyridine rings is 1. The number of hydrogen-bond acceptors (Lipinski definition) is 5. The summed E-state index contributed by atoms with van der Waals surface area (Å²) in [5.74, 6) is -0.693. The number of carbonyl (C=O) groups is 3. The van der Waals surface area contributed by atoms with Crippen molar-refractivity contribution in [1.82, 2.24) is 14.9 Å². The molecule has 3 heterocycles. The smallest absolute Gasteiger partial charge is 0.338 e. The molecule has 1 fully saturated rings. The predicted octanol–water partition coefficient (Wildman–Crippen LogP) is 2.73. The number of esters is 1. The first-order chi connectivity index (χ1) is 13.6. The minimum absolute atomic E-state index is 0.162. The van der Waals surface area contributed by atoms with Crippen molar-refractivity contribution in [2.75, 3.05) is 13.2 Å². The van der Waals surface area contributed by atoms with Gasteiger partial charge in [0.15, 0.2) is 6.61 Å². The van der Waals surface area contributed by atoms with E-state index < -0.39 is 5.97 Å². The number of aromatic amines is 1. The number of H-pyrrole nitrogens is 1. The van der Waals surface area contributed by atoms with Crippen LogP contribution in [0.2, 0.25) is 0 Å². The van der Waals surface area contributed by atoms with Gasteiger partial charge in [0.2, 0.25) is 11.7 Å². The highest BCUT2D eigenvalue weighted by molar-refractivity contribution is 6.08. The highest BCUT2D eigenvalue weighted by Gasteiger charge is 2.20. The lowest BCUT2D eigenvalue weighted by atomic mass is 10.1. The molecule has 28 heavy (non-hydrogen) atoms. The molecule has 2 aromatic heterocycles. The van der Waals surface area contributed by atoms with Crippen LogP contribution in [0.15, 0.2) is 48.8 Å². The Balaban J connectivity index is 1.35. The fourth-order valence-electron chi connectivity index (χ4n) is 3.32. The third-order valence-corrected chi connectivity index (χ3v) is 4.82. The summed E-state index contributed by atoms with van der Waals surface area (Å²) in [4.78, 5) is 45.2.